The van der Waals surface area contributed by atoms with E-state index in [4.69, 9.17) is 21.4 Å². The molecule has 2 aromatic carbocycles. The number of amides is 1. The van der Waals surface area contributed by atoms with Gasteiger partial charge in [0.05, 0.1) is 24.9 Å². The number of nitrogens with one attached hydrogen (secondary N) is 1. The van der Waals surface area contributed by atoms with E-state index in [0.29, 0.717) is 22.7 Å². The summed E-state index contributed by atoms with van der Waals surface area (Å²) in [5, 5.41) is 12.2. The number of aromatic nitrogens is 1. The summed E-state index contributed by atoms with van der Waals surface area (Å²) in [7, 11) is -2.63. The summed E-state index contributed by atoms with van der Waals surface area (Å²) >= 11 is 7.22. The van der Waals surface area contributed by atoms with Gasteiger partial charge in [-0.15, -0.1) is 11.3 Å². The van der Waals surface area contributed by atoms with Gasteiger partial charge in [0.25, 0.3) is 15.9 Å². The highest BCUT2D eigenvalue weighted by Crippen LogP contribution is 2.37. The summed E-state index contributed by atoms with van der Waals surface area (Å²) < 4.78 is 33.4. The van der Waals surface area contributed by atoms with Crippen molar-refractivity contribution in [2.75, 3.05) is 23.3 Å². The molecule has 178 valence electrons. The van der Waals surface area contributed by atoms with Crippen LogP contribution in [0.5, 0.6) is 5.75 Å². The van der Waals surface area contributed by atoms with Crippen LogP contribution in [0, 0.1) is 6.92 Å². The molecule has 0 aliphatic carbocycles. The fourth-order valence-corrected chi connectivity index (χ4v) is 6.41. The minimum absolute atomic E-state index is 0.0607. The third-order valence-electron chi connectivity index (χ3n) is 5.33. The Morgan fingerprint density at radius 2 is 2.03 bits per heavy atom. The molecule has 3 aromatic rings. The maximum Gasteiger partial charge on any atom is 0.309 e. The van der Waals surface area contributed by atoms with Crippen molar-refractivity contribution in [3.63, 3.8) is 0 Å². The SMILES string of the molecule is COc1ccc(Cl)cc1S(=O)(=O)N1CCc2ccc(C(=O)Nc3nc(CC(=O)O)c(C)s3)cc21. The van der Waals surface area contributed by atoms with E-state index in [9.17, 15) is 18.0 Å². The molecule has 4 rings (SSSR count). The largest absolute Gasteiger partial charge is 0.495 e. The van der Waals surface area contributed by atoms with Crippen LogP contribution in [0.3, 0.4) is 0 Å². The van der Waals surface area contributed by atoms with Gasteiger partial charge in [-0.2, -0.15) is 0 Å². The first-order valence-electron chi connectivity index (χ1n) is 10.1. The number of halogens is 1. The van der Waals surface area contributed by atoms with Crippen LogP contribution >= 0.6 is 22.9 Å². The molecule has 0 fully saturated rings. The number of fused-ring (bicyclic) bond motifs is 1. The number of thiazole rings is 1. The van der Waals surface area contributed by atoms with E-state index in [-0.39, 0.29) is 39.3 Å². The molecule has 34 heavy (non-hydrogen) atoms. The highest BCUT2D eigenvalue weighted by atomic mass is 35.5. The van der Waals surface area contributed by atoms with Crippen LogP contribution in [-0.4, -0.2) is 44.0 Å². The first kappa shape index (κ1) is 24.0. The molecule has 1 amide bonds. The van der Waals surface area contributed by atoms with Gasteiger partial charge >= 0.3 is 5.97 Å². The first-order valence-corrected chi connectivity index (χ1v) is 12.7. The fourth-order valence-electron chi connectivity index (χ4n) is 3.67. The average molecular weight is 522 g/mol. The number of anilines is 2. The second-order valence-corrected chi connectivity index (χ2v) is 11.0. The van der Waals surface area contributed by atoms with Crippen LogP contribution < -0.4 is 14.4 Å². The standard InChI is InChI=1S/C22H20ClN3O6S2/c1-12-16(11-20(27)28)24-22(33-12)25-21(29)14-4-3-13-7-8-26(17(13)9-14)34(30,31)19-10-15(23)5-6-18(19)32-2/h3-6,9-10H,7-8,11H2,1-2H3,(H,27,28)(H,24,25,29). The minimum Gasteiger partial charge on any atom is -0.495 e. The van der Waals surface area contributed by atoms with Gasteiger partial charge in [0, 0.05) is 22.0 Å². The number of carbonyl (C=O) groups excluding carboxylic acids is 1. The molecule has 9 nitrogen and oxygen atoms in total. The molecule has 0 bridgehead atoms. The topological polar surface area (TPSA) is 126 Å². The predicted octanol–water partition coefficient (Wildman–Crippen LogP) is 3.74. The summed E-state index contributed by atoms with van der Waals surface area (Å²) in [4.78, 5) is 28.6. The second kappa shape index (κ2) is 9.24. The number of sulfonamides is 1. The summed E-state index contributed by atoms with van der Waals surface area (Å²) in [5.41, 5.74) is 1.81. The Morgan fingerprint density at radius 1 is 1.26 bits per heavy atom. The molecule has 2 N–H and O–H groups in total. The van der Waals surface area contributed by atoms with Gasteiger partial charge in [0.2, 0.25) is 0 Å². The Labute approximate surface area is 205 Å². The van der Waals surface area contributed by atoms with E-state index < -0.39 is 21.9 Å². The van der Waals surface area contributed by atoms with Gasteiger partial charge in [-0.05, 0) is 49.2 Å². The van der Waals surface area contributed by atoms with Crippen molar-refractivity contribution in [2.45, 2.75) is 24.7 Å². The third kappa shape index (κ3) is 4.59. The summed E-state index contributed by atoms with van der Waals surface area (Å²) in [6.07, 6.45) is 0.250. The van der Waals surface area contributed by atoms with E-state index in [1.807, 2.05) is 0 Å². The van der Waals surface area contributed by atoms with Gasteiger partial charge in [0.15, 0.2) is 5.13 Å². The van der Waals surface area contributed by atoms with Crippen LogP contribution in [0.15, 0.2) is 41.3 Å². The first-order chi connectivity index (χ1) is 16.1. The summed E-state index contributed by atoms with van der Waals surface area (Å²) in [5.74, 6) is -1.33. The number of hydrogen-bond acceptors (Lipinski definition) is 7. The van der Waals surface area contributed by atoms with Crippen molar-refractivity contribution in [3.05, 3.63) is 63.1 Å². The molecule has 1 aromatic heterocycles. The van der Waals surface area contributed by atoms with E-state index in [1.165, 1.54) is 41.0 Å². The number of rotatable bonds is 7. The lowest BCUT2D eigenvalue weighted by Gasteiger charge is -2.21. The van der Waals surface area contributed by atoms with Crippen molar-refractivity contribution in [3.8, 4) is 5.75 Å². The normalized spacial score (nSPS) is 13.0. The fraction of sp³-hybridized carbons (Fsp3) is 0.227. The number of benzene rings is 2. The van der Waals surface area contributed by atoms with Gasteiger partial charge in [0.1, 0.15) is 10.6 Å². The number of hydrogen-bond donors (Lipinski definition) is 2. The molecule has 0 radical (unpaired) electrons. The lowest BCUT2D eigenvalue weighted by atomic mass is 10.1. The Hall–Kier alpha value is -3.15. The van der Waals surface area contributed by atoms with E-state index in [1.54, 1.807) is 25.1 Å². The van der Waals surface area contributed by atoms with E-state index in [2.05, 4.69) is 10.3 Å². The molecule has 0 saturated carbocycles. The number of methoxy groups -OCH3 is 1. The number of aryl methyl sites for hydroxylation is 1. The lowest BCUT2D eigenvalue weighted by Crippen LogP contribution is -2.29. The zero-order chi connectivity index (χ0) is 24.6. The molecular weight excluding hydrogens is 502 g/mol. The minimum atomic E-state index is -4.01. The van der Waals surface area contributed by atoms with Crippen molar-refractivity contribution in [2.24, 2.45) is 0 Å². The highest BCUT2D eigenvalue weighted by Gasteiger charge is 2.33. The van der Waals surface area contributed by atoms with Crippen molar-refractivity contribution in [1.29, 1.82) is 0 Å². The van der Waals surface area contributed by atoms with Crippen LogP contribution in [0.2, 0.25) is 5.02 Å². The molecule has 1 aliphatic heterocycles. The molecular formula is C22H20ClN3O6S2. The van der Waals surface area contributed by atoms with Crippen molar-refractivity contribution >= 4 is 55.7 Å². The lowest BCUT2D eigenvalue weighted by molar-refractivity contribution is -0.136. The Balaban J connectivity index is 1.63. The molecule has 0 atom stereocenters. The molecule has 2 heterocycles. The number of ether oxygens (including phenoxy) is 1. The predicted molar refractivity (Wildman–Crippen MR) is 129 cm³/mol. The van der Waals surface area contributed by atoms with Gasteiger partial charge in [-0.3, -0.25) is 19.2 Å². The Bertz CT molecular complexity index is 1400. The Kier molecular flexibility index (Phi) is 6.52. The molecule has 1 aliphatic rings. The van der Waals surface area contributed by atoms with Crippen LogP contribution in [0.25, 0.3) is 0 Å². The van der Waals surface area contributed by atoms with Crippen molar-refractivity contribution in [1.82, 2.24) is 4.98 Å². The number of nitrogens with zero attached hydrogens (tertiary/aromatic N) is 2. The number of carbonyl (C=O) groups is 2. The number of carboxylic acid groups (broad SMARTS) is 1. The molecule has 0 unspecified atom stereocenters. The second-order valence-electron chi connectivity index (χ2n) is 7.51. The van der Waals surface area contributed by atoms with Gasteiger partial charge < -0.3 is 9.84 Å². The van der Waals surface area contributed by atoms with Crippen LogP contribution in [0.4, 0.5) is 10.8 Å². The monoisotopic (exact) mass is 521 g/mol. The van der Waals surface area contributed by atoms with Gasteiger partial charge in [-0.25, -0.2) is 13.4 Å². The number of aliphatic carboxylic acids is 1. The molecule has 0 spiro atoms. The van der Waals surface area contributed by atoms with Crippen LogP contribution in [0.1, 0.15) is 26.5 Å². The summed E-state index contributed by atoms with van der Waals surface area (Å²) in [6, 6.07) is 9.22. The molecule has 12 heteroatoms. The zero-order valence-corrected chi connectivity index (χ0v) is 20.6. The Morgan fingerprint density at radius 3 is 2.74 bits per heavy atom. The third-order valence-corrected chi connectivity index (χ3v) is 8.32. The van der Waals surface area contributed by atoms with E-state index in [0.717, 1.165) is 5.56 Å². The highest BCUT2D eigenvalue weighted by molar-refractivity contribution is 7.93. The average Bonchev–Trinajstić information content (AvgIpc) is 3.36. The maximum atomic E-state index is 13.5. The van der Waals surface area contributed by atoms with Crippen molar-refractivity contribution < 1.29 is 27.9 Å². The maximum absolute atomic E-state index is 13.5. The summed E-state index contributed by atoms with van der Waals surface area (Å²) in [6.45, 7) is 1.94. The zero-order valence-electron chi connectivity index (χ0n) is 18.2. The smallest absolute Gasteiger partial charge is 0.309 e. The van der Waals surface area contributed by atoms with Crippen LogP contribution in [-0.2, 0) is 27.7 Å². The van der Waals surface area contributed by atoms with Gasteiger partial charge in [-0.1, -0.05) is 17.7 Å². The van der Waals surface area contributed by atoms with E-state index >= 15 is 0 Å². The molecule has 0 saturated heterocycles. The number of carboxylic acids is 1. The quantitative estimate of drug-likeness (QED) is 0.485.